The maximum Gasteiger partial charge on any atom is 0.111 e. The number of nitriles is 1. The second-order valence-electron chi connectivity index (χ2n) is 2.17. The lowest BCUT2D eigenvalue weighted by Gasteiger charge is -1.89. The van der Waals surface area contributed by atoms with Crippen LogP contribution in [-0.4, -0.2) is 24.0 Å². The van der Waals surface area contributed by atoms with Gasteiger partial charge in [-0.2, -0.15) is 5.26 Å². The lowest BCUT2D eigenvalue weighted by atomic mass is 10.5. The minimum Gasteiger partial charge on any atom is -0.281 e. The molecule has 1 saturated heterocycles. The average Bonchev–Trinajstić information content (AvgIpc) is 2.62. The van der Waals surface area contributed by atoms with E-state index in [0.29, 0.717) is 0 Å². The van der Waals surface area contributed by atoms with Crippen molar-refractivity contribution in [1.82, 2.24) is 4.90 Å². The van der Waals surface area contributed by atoms with Gasteiger partial charge in [0.05, 0.1) is 6.07 Å². The Morgan fingerprint density at radius 2 is 2.67 bits per heavy atom. The molecule has 0 aliphatic carbocycles. The number of hydrogen-bond acceptors (Lipinski definition) is 2. The van der Waals surface area contributed by atoms with E-state index < -0.39 is 0 Å². The minimum absolute atomic E-state index is 0.209. The van der Waals surface area contributed by atoms with Crippen molar-refractivity contribution in [2.45, 2.75) is 13.0 Å². The molecule has 0 aromatic rings. The molecule has 2 nitrogen and oxygen atoms in total. The lowest BCUT2D eigenvalue weighted by Crippen LogP contribution is -1.98. The molecule has 0 bridgehead atoms. The topological polar surface area (TPSA) is 26.8 Å². The number of nitrogens with zero attached hydrogens (tertiary/aromatic N) is 2. The SMILES string of the molecule is CC=CCN1CC1C#N. The standard InChI is InChI=1S/C7H10N2/c1-2-3-4-9-6-7(9)5-8/h2-3,7H,4,6H2,1H3. The Hall–Kier alpha value is -0.810. The van der Waals surface area contributed by atoms with Crippen LogP contribution in [0.15, 0.2) is 12.2 Å². The second kappa shape index (κ2) is 2.65. The van der Waals surface area contributed by atoms with Crippen molar-refractivity contribution in [3.63, 3.8) is 0 Å². The van der Waals surface area contributed by atoms with Gasteiger partial charge in [0.1, 0.15) is 6.04 Å². The molecule has 1 aliphatic rings. The van der Waals surface area contributed by atoms with E-state index in [2.05, 4.69) is 17.0 Å². The van der Waals surface area contributed by atoms with Gasteiger partial charge in [0.25, 0.3) is 0 Å². The van der Waals surface area contributed by atoms with Crippen molar-refractivity contribution in [2.24, 2.45) is 0 Å². The third-order valence-corrected chi connectivity index (χ3v) is 1.44. The third kappa shape index (κ3) is 1.55. The van der Waals surface area contributed by atoms with Crippen LogP contribution in [0.25, 0.3) is 0 Å². The molecule has 0 radical (unpaired) electrons. The quantitative estimate of drug-likeness (QED) is 0.399. The Bertz CT molecular complexity index is 155. The summed E-state index contributed by atoms with van der Waals surface area (Å²) in [5, 5.41) is 8.36. The van der Waals surface area contributed by atoms with Crippen molar-refractivity contribution in [3.05, 3.63) is 12.2 Å². The molecular weight excluding hydrogens is 112 g/mol. The van der Waals surface area contributed by atoms with Crippen molar-refractivity contribution in [1.29, 1.82) is 5.26 Å². The zero-order valence-corrected chi connectivity index (χ0v) is 5.54. The first kappa shape index (κ1) is 6.31. The molecule has 0 saturated carbocycles. The molecule has 2 unspecified atom stereocenters. The smallest absolute Gasteiger partial charge is 0.111 e. The highest BCUT2D eigenvalue weighted by molar-refractivity contribution is 5.07. The van der Waals surface area contributed by atoms with Crippen LogP contribution in [0.1, 0.15) is 6.92 Å². The predicted molar refractivity (Wildman–Crippen MR) is 35.8 cm³/mol. The van der Waals surface area contributed by atoms with E-state index in [1.807, 2.05) is 13.0 Å². The molecule has 0 N–H and O–H groups in total. The molecule has 2 heteroatoms. The number of allylic oxidation sites excluding steroid dienone is 1. The van der Waals surface area contributed by atoms with Gasteiger partial charge >= 0.3 is 0 Å². The summed E-state index contributed by atoms with van der Waals surface area (Å²) in [5.41, 5.74) is 0. The first-order valence-corrected chi connectivity index (χ1v) is 3.13. The van der Waals surface area contributed by atoms with E-state index in [1.165, 1.54) is 0 Å². The van der Waals surface area contributed by atoms with Crippen LogP contribution in [0.2, 0.25) is 0 Å². The zero-order chi connectivity index (χ0) is 6.69. The zero-order valence-electron chi connectivity index (χ0n) is 5.54. The molecule has 1 rings (SSSR count). The van der Waals surface area contributed by atoms with Gasteiger partial charge in [-0.1, -0.05) is 12.2 Å². The van der Waals surface area contributed by atoms with Crippen LogP contribution < -0.4 is 0 Å². The van der Waals surface area contributed by atoms with Crippen LogP contribution in [0.5, 0.6) is 0 Å². The fourth-order valence-electron chi connectivity index (χ4n) is 0.740. The van der Waals surface area contributed by atoms with Gasteiger partial charge in [0.2, 0.25) is 0 Å². The van der Waals surface area contributed by atoms with Crippen molar-refractivity contribution in [2.75, 3.05) is 13.1 Å². The second-order valence-corrected chi connectivity index (χ2v) is 2.17. The van der Waals surface area contributed by atoms with Gasteiger partial charge in [-0.15, -0.1) is 0 Å². The normalized spacial score (nSPS) is 32.4. The van der Waals surface area contributed by atoms with Crippen molar-refractivity contribution < 1.29 is 0 Å². The minimum atomic E-state index is 0.209. The number of rotatable bonds is 2. The van der Waals surface area contributed by atoms with E-state index in [4.69, 9.17) is 5.26 Å². The highest BCUT2D eigenvalue weighted by atomic mass is 15.3. The molecule has 2 atom stereocenters. The van der Waals surface area contributed by atoms with Crippen LogP contribution in [0.3, 0.4) is 0 Å². The van der Waals surface area contributed by atoms with Gasteiger partial charge < -0.3 is 0 Å². The molecular formula is C7H10N2. The first-order chi connectivity index (χ1) is 4.38. The monoisotopic (exact) mass is 122 g/mol. The molecule has 0 aromatic heterocycles. The molecule has 0 aromatic carbocycles. The van der Waals surface area contributed by atoms with Gasteiger partial charge in [-0.05, 0) is 6.92 Å². The highest BCUT2D eigenvalue weighted by Gasteiger charge is 2.31. The Labute approximate surface area is 55.4 Å². The van der Waals surface area contributed by atoms with Gasteiger partial charge in [-0.3, -0.25) is 4.90 Å². The summed E-state index contributed by atoms with van der Waals surface area (Å²) in [6.07, 6.45) is 4.07. The summed E-state index contributed by atoms with van der Waals surface area (Å²) in [7, 11) is 0. The Morgan fingerprint density at radius 1 is 1.89 bits per heavy atom. The first-order valence-electron chi connectivity index (χ1n) is 3.13. The van der Waals surface area contributed by atoms with Crippen LogP contribution in [-0.2, 0) is 0 Å². The fourth-order valence-corrected chi connectivity index (χ4v) is 0.740. The van der Waals surface area contributed by atoms with E-state index in [1.54, 1.807) is 0 Å². The maximum atomic E-state index is 8.36. The maximum absolute atomic E-state index is 8.36. The molecule has 1 aliphatic heterocycles. The summed E-state index contributed by atoms with van der Waals surface area (Å²) >= 11 is 0. The van der Waals surface area contributed by atoms with Crippen molar-refractivity contribution >= 4 is 0 Å². The largest absolute Gasteiger partial charge is 0.281 e. The molecule has 1 heterocycles. The Morgan fingerprint density at radius 3 is 3.11 bits per heavy atom. The molecule has 9 heavy (non-hydrogen) atoms. The fraction of sp³-hybridized carbons (Fsp3) is 0.571. The Balaban J connectivity index is 2.14. The molecule has 48 valence electrons. The summed E-state index contributed by atoms with van der Waals surface area (Å²) in [4.78, 5) is 2.11. The molecule has 0 spiro atoms. The number of hydrogen-bond donors (Lipinski definition) is 0. The van der Waals surface area contributed by atoms with E-state index in [0.717, 1.165) is 13.1 Å². The molecule has 1 fully saturated rings. The van der Waals surface area contributed by atoms with E-state index >= 15 is 0 Å². The average molecular weight is 122 g/mol. The van der Waals surface area contributed by atoms with Crippen LogP contribution in [0.4, 0.5) is 0 Å². The van der Waals surface area contributed by atoms with Crippen LogP contribution in [0, 0.1) is 11.3 Å². The summed E-state index contributed by atoms with van der Waals surface area (Å²) in [6.45, 7) is 3.89. The van der Waals surface area contributed by atoms with E-state index in [-0.39, 0.29) is 6.04 Å². The summed E-state index contributed by atoms with van der Waals surface area (Å²) in [5.74, 6) is 0. The molecule has 0 amide bonds. The lowest BCUT2D eigenvalue weighted by molar-refractivity contribution is 0.600. The third-order valence-electron chi connectivity index (χ3n) is 1.44. The van der Waals surface area contributed by atoms with Crippen LogP contribution >= 0.6 is 0 Å². The van der Waals surface area contributed by atoms with Gasteiger partial charge in [0, 0.05) is 13.1 Å². The summed E-state index contributed by atoms with van der Waals surface area (Å²) < 4.78 is 0. The van der Waals surface area contributed by atoms with E-state index in [9.17, 15) is 0 Å². The Kier molecular flexibility index (Phi) is 1.86. The van der Waals surface area contributed by atoms with Crippen molar-refractivity contribution in [3.8, 4) is 6.07 Å². The summed E-state index contributed by atoms with van der Waals surface area (Å²) in [6, 6.07) is 2.40. The predicted octanol–water partition coefficient (Wildman–Crippen LogP) is 0.770. The van der Waals surface area contributed by atoms with Gasteiger partial charge in [-0.25, -0.2) is 0 Å². The van der Waals surface area contributed by atoms with Gasteiger partial charge in [0.15, 0.2) is 0 Å². The highest BCUT2D eigenvalue weighted by Crippen LogP contribution is 2.14.